The fourth-order valence-electron chi connectivity index (χ4n) is 3.39. The zero-order valence-corrected chi connectivity index (χ0v) is 17.7. The second-order valence-electron chi connectivity index (χ2n) is 7.33. The number of amides is 4. The van der Waals surface area contributed by atoms with Gasteiger partial charge in [-0.2, -0.15) is 5.10 Å². The van der Waals surface area contributed by atoms with E-state index in [1.54, 1.807) is 10.9 Å². The highest BCUT2D eigenvalue weighted by Gasteiger charge is 2.28. The highest BCUT2D eigenvalue weighted by atomic mass is 16.5. The molecule has 8 nitrogen and oxygen atoms in total. The molecule has 0 unspecified atom stereocenters. The lowest BCUT2D eigenvalue weighted by atomic mass is 10.0. The molecule has 3 aromatic rings. The largest absolute Gasteiger partial charge is 0.494 e. The summed E-state index contributed by atoms with van der Waals surface area (Å²) in [6, 6.07) is 14.4. The van der Waals surface area contributed by atoms with Crippen LogP contribution in [0.15, 0.2) is 60.3 Å². The van der Waals surface area contributed by atoms with E-state index in [0.29, 0.717) is 17.9 Å². The maximum atomic E-state index is 12.3. The molecule has 1 aliphatic rings. The number of hydrogen-bond acceptors (Lipinski definition) is 5. The van der Waals surface area contributed by atoms with Crippen LogP contribution in [-0.4, -0.2) is 34.2 Å². The standard InChI is InChI=1S/C24H22N4O4/c1-3-11-32-18-9-10-19(15(2)12-18)21-16(13-20-22(29)25-24(31)26-23(20)30)14-28(27-21)17-7-5-4-6-8-17/h4-10,12-14H,3,11H2,1-2H3,(H2,25,26,29,30,31). The van der Waals surface area contributed by atoms with Crippen LogP contribution < -0.4 is 15.4 Å². The molecule has 0 aliphatic carbocycles. The molecule has 162 valence electrons. The number of rotatable bonds is 6. The van der Waals surface area contributed by atoms with E-state index in [1.807, 2.05) is 62.4 Å². The van der Waals surface area contributed by atoms with Crippen LogP contribution in [0.3, 0.4) is 0 Å². The fraction of sp³-hybridized carbons (Fsp3) is 0.167. The van der Waals surface area contributed by atoms with Gasteiger partial charge in [0.25, 0.3) is 11.8 Å². The van der Waals surface area contributed by atoms with Crippen molar-refractivity contribution < 1.29 is 19.1 Å². The number of barbiturate groups is 1. The first kappa shape index (κ1) is 21.0. The molecule has 8 heteroatoms. The number of para-hydroxylation sites is 1. The minimum atomic E-state index is -0.837. The van der Waals surface area contributed by atoms with E-state index in [2.05, 4.69) is 10.6 Å². The van der Waals surface area contributed by atoms with Gasteiger partial charge in [-0.3, -0.25) is 20.2 Å². The van der Waals surface area contributed by atoms with Crippen LogP contribution >= 0.6 is 0 Å². The Morgan fingerprint density at radius 3 is 2.41 bits per heavy atom. The van der Waals surface area contributed by atoms with Crippen LogP contribution in [0.2, 0.25) is 0 Å². The molecule has 1 saturated heterocycles. The van der Waals surface area contributed by atoms with Crippen LogP contribution in [0.4, 0.5) is 4.79 Å². The van der Waals surface area contributed by atoms with Crippen LogP contribution in [0.5, 0.6) is 5.75 Å². The van der Waals surface area contributed by atoms with Crippen LogP contribution in [0, 0.1) is 6.92 Å². The van der Waals surface area contributed by atoms with Crippen molar-refractivity contribution in [2.24, 2.45) is 0 Å². The van der Waals surface area contributed by atoms with E-state index >= 15 is 0 Å². The van der Waals surface area contributed by atoms with Crippen molar-refractivity contribution in [2.45, 2.75) is 20.3 Å². The first-order valence-corrected chi connectivity index (χ1v) is 10.2. The third-order valence-corrected chi connectivity index (χ3v) is 4.93. The number of nitrogens with one attached hydrogen (secondary N) is 2. The quantitative estimate of drug-likeness (QED) is 0.461. The van der Waals surface area contributed by atoms with E-state index in [9.17, 15) is 14.4 Å². The number of urea groups is 1. The fourth-order valence-corrected chi connectivity index (χ4v) is 3.39. The number of hydrogen-bond donors (Lipinski definition) is 2. The summed E-state index contributed by atoms with van der Waals surface area (Å²) in [6.45, 7) is 4.62. The third kappa shape index (κ3) is 4.29. The molecular weight excluding hydrogens is 408 g/mol. The molecule has 4 rings (SSSR count). The average Bonchev–Trinajstić information content (AvgIpc) is 3.19. The summed E-state index contributed by atoms with van der Waals surface area (Å²) < 4.78 is 7.40. The van der Waals surface area contributed by atoms with Crippen molar-refractivity contribution in [3.05, 3.63) is 71.4 Å². The minimum Gasteiger partial charge on any atom is -0.494 e. The number of aromatic nitrogens is 2. The molecule has 2 aromatic carbocycles. The predicted molar refractivity (Wildman–Crippen MR) is 119 cm³/mol. The van der Waals surface area contributed by atoms with Gasteiger partial charge in [-0.05, 0) is 55.3 Å². The number of ether oxygens (including phenoxy) is 1. The number of carbonyl (C=O) groups is 3. The van der Waals surface area contributed by atoms with Gasteiger partial charge < -0.3 is 4.74 Å². The molecule has 1 aromatic heterocycles. The van der Waals surface area contributed by atoms with Gasteiger partial charge in [0.1, 0.15) is 17.0 Å². The molecule has 2 N–H and O–H groups in total. The molecular formula is C24H22N4O4. The van der Waals surface area contributed by atoms with Crippen molar-refractivity contribution in [2.75, 3.05) is 6.61 Å². The van der Waals surface area contributed by atoms with Crippen molar-refractivity contribution in [3.63, 3.8) is 0 Å². The number of benzene rings is 2. The molecule has 0 spiro atoms. The first-order valence-electron chi connectivity index (χ1n) is 10.2. The summed E-state index contributed by atoms with van der Waals surface area (Å²) in [4.78, 5) is 35.9. The van der Waals surface area contributed by atoms with E-state index in [0.717, 1.165) is 29.0 Å². The van der Waals surface area contributed by atoms with Gasteiger partial charge in [-0.1, -0.05) is 25.1 Å². The smallest absolute Gasteiger partial charge is 0.328 e. The Morgan fingerprint density at radius 2 is 1.75 bits per heavy atom. The summed E-state index contributed by atoms with van der Waals surface area (Å²) in [5.74, 6) is -0.741. The summed E-state index contributed by atoms with van der Waals surface area (Å²) in [5.41, 5.74) is 3.59. The van der Waals surface area contributed by atoms with E-state index in [4.69, 9.17) is 9.84 Å². The molecule has 4 amide bonds. The topological polar surface area (TPSA) is 102 Å². The lowest BCUT2D eigenvalue weighted by Gasteiger charge is -2.14. The first-order chi connectivity index (χ1) is 15.5. The van der Waals surface area contributed by atoms with Gasteiger partial charge in [0.15, 0.2) is 0 Å². The molecule has 1 aliphatic heterocycles. The number of aryl methyl sites for hydroxylation is 1. The Balaban J connectivity index is 1.82. The number of carbonyl (C=O) groups excluding carboxylic acids is 3. The second kappa shape index (κ2) is 8.89. The summed E-state index contributed by atoms with van der Waals surface area (Å²) in [5, 5.41) is 8.92. The molecule has 0 saturated carbocycles. The maximum absolute atomic E-state index is 12.3. The SMILES string of the molecule is CCCOc1ccc(-c2nn(-c3ccccc3)cc2C=C2C(=O)NC(=O)NC2=O)c(C)c1. The van der Waals surface area contributed by atoms with Gasteiger partial charge in [-0.15, -0.1) is 0 Å². The zero-order chi connectivity index (χ0) is 22.7. The Hall–Kier alpha value is -4.20. The third-order valence-electron chi connectivity index (χ3n) is 4.93. The second-order valence-corrected chi connectivity index (χ2v) is 7.33. The highest BCUT2D eigenvalue weighted by molar-refractivity contribution is 6.31. The van der Waals surface area contributed by atoms with Gasteiger partial charge >= 0.3 is 6.03 Å². The molecule has 0 bridgehead atoms. The van der Waals surface area contributed by atoms with Crippen molar-refractivity contribution >= 4 is 23.9 Å². The Bertz CT molecular complexity index is 1210. The molecule has 0 atom stereocenters. The Labute approximate surface area is 184 Å². The van der Waals surface area contributed by atoms with Crippen molar-refractivity contribution in [1.29, 1.82) is 0 Å². The van der Waals surface area contributed by atoms with Crippen LogP contribution in [-0.2, 0) is 9.59 Å². The monoisotopic (exact) mass is 430 g/mol. The molecule has 1 fully saturated rings. The average molecular weight is 430 g/mol. The lowest BCUT2D eigenvalue weighted by Crippen LogP contribution is -2.51. The maximum Gasteiger partial charge on any atom is 0.328 e. The minimum absolute atomic E-state index is 0.168. The summed E-state index contributed by atoms with van der Waals surface area (Å²) in [6.07, 6.45) is 4.10. The Morgan fingerprint density at radius 1 is 1.03 bits per heavy atom. The van der Waals surface area contributed by atoms with Gasteiger partial charge in [0.05, 0.1) is 12.3 Å². The van der Waals surface area contributed by atoms with Crippen LogP contribution in [0.25, 0.3) is 23.0 Å². The summed E-state index contributed by atoms with van der Waals surface area (Å²) in [7, 11) is 0. The molecule has 2 heterocycles. The van der Waals surface area contributed by atoms with Crippen LogP contribution in [0.1, 0.15) is 24.5 Å². The van der Waals surface area contributed by atoms with E-state index in [1.165, 1.54) is 6.08 Å². The predicted octanol–water partition coefficient (Wildman–Crippen LogP) is 3.39. The number of imide groups is 2. The van der Waals surface area contributed by atoms with Gasteiger partial charge in [0.2, 0.25) is 0 Å². The lowest BCUT2D eigenvalue weighted by molar-refractivity contribution is -0.123. The molecule has 0 radical (unpaired) electrons. The normalized spacial score (nSPS) is 13.6. The highest BCUT2D eigenvalue weighted by Crippen LogP contribution is 2.31. The van der Waals surface area contributed by atoms with E-state index in [-0.39, 0.29) is 5.57 Å². The van der Waals surface area contributed by atoms with E-state index < -0.39 is 17.8 Å². The molecule has 32 heavy (non-hydrogen) atoms. The zero-order valence-electron chi connectivity index (χ0n) is 17.7. The van der Waals surface area contributed by atoms with Gasteiger partial charge in [-0.25, -0.2) is 9.48 Å². The van der Waals surface area contributed by atoms with Crippen molar-refractivity contribution in [1.82, 2.24) is 20.4 Å². The number of nitrogens with zero attached hydrogens (tertiary/aromatic N) is 2. The summed E-state index contributed by atoms with van der Waals surface area (Å²) >= 11 is 0. The van der Waals surface area contributed by atoms with Crippen molar-refractivity contribution in [3.8, 4) is 22.7 Å². The Kier molecular flexibility index (Phi) is 5.85. The van der Waals surface area contributed by atoms with Gasteiger partial charge in [0, 0.05) is 17.3 Å².